The monoisotopic (exact) mass is 1190 g/mol. The van der Waals surface area contributed by atoms with Gasteiger partial charge in [-0.1, -0.05) is 271 Å². The van der Waals surface area contributed by atoms with Crippen molar-refractivity contribution >= 4 is 11.9 Å². The highest BCUT2D eigenvalue weighted by atomic mass is 16.7. The zero-order valence-electron chi connectivity index (χ0n) is 53.9. The number of nitrogens with one attached hydrogen (secondary N) is 1. The Morgan fingerprint density at radius 1 is 0.471 bits per heavy atom. The summed E-state index contributed by atoms with van der Waals surface area (Å²) in [4.78, 5) is 26.6. The Kier molecular flexibility index (Phi) is 56.1. The summed E-state index contributed by atoms with van der Waals surface area (Å²) in [7, 11) is 0. The van der Waals surface area contributed by atoms with Crippen LogP contribution in [-0.2, 0) is 23.8 Å². The largest absolute Gasteiger partial charge is 0.454 e. The first-order valence-corrected chi connectivity index (χ1v) is 34.3. The minimum absolute atomic E-state index is 0.0943. The van der Waals surface area contributed by atoms with Crippen LogP contribution in [0, 0.1) is 0 Å². The van der Waals surface area contributed by atoms with Crippen LogP contribution in [0.3, 0.4) is 0 Å². The Hall–Kier alpha value is -3.94. The maximum Gasteiger partial charge on any atom is 0.306 e. The van der Waals surface area contributed by atoms with Crippen LogP contribution in [0.5, 0.6) is 0 Å². The van der Waals surface area contributed by atoms with Crippen molar-refractivity contribution in [2.75, 3.05) is 13.2 Å². The van der Waals surface area contributed by atoms with Gasteiger partial charge in [-0.05, 0) is 116 Å². The predicted octanol–water partition coefficient (Wildman–Crippen LogP) is 17.4. The molecule has 0 aromatic heterocycles. The number of carbonyl (C=O) groups excluding carboxylic acids is 2. The van der Waals surface area contributed by atoms with E-state index >= 15 is 0 Å². The van der Waals surface area contributed by atoms with E-state index in [4.69, 9.17) is 14.2 Å². The second-order valence-electron chi connectivity index (χ2n) is 23.2. The topological polar surface area (TPSA) is 175 Å². The average Bonchev–Trinajstić information content (AvgIpc) is 2.91. The van der Waals surface area contributed by atoms with E-state index in [1.807, 2.05) is 6.08 Å². The van der Waals surface area contributed by atoms with Crippen molar-refractivity contribution in [3.8, 4) is 0 Å². The fraction of sp³-hybridized carbons (Fsp3) is 0.703. The Balaban J connectivity index is 2.61. The van der Waals surface area contributed by atoms with E-state index in [9.17, 15) is 35.1 Å². The Morgan fingerprint density at radius 2 is 0.847 bits per heavy atom. The molecule has 11 nitrogen and oxygen atoms in total. The first-order chi connectivity index (χ1) is 41.7. The summed E-state index contributed by atoms with van der Waals surface area (Å²) < 4.78 is 17.6. The molecular weight excluding hydrogens is 1060 g/mol. The van der Waals surface area contributed by atoms with E-state index in [1.165, 1.54) is 83.5 Å². The zero-order chi connectivity index (χ0) is 61.7. The minimum atomic E-state index is -1.63. The molecule has 1 heterocycles. The van der Waals surface area contributed by atoms with Gasteiger partial charge in [0.2, 0.25) is 5.91 Å². The molecule has 1 rings (SSSR count). The highest BCUT2D eigenvalue weighted by Crippen LogP contribution is 2.26. The third-order valence-electron chi connectivity index (χ3n) is 15.3. The van der Waals surface area contributed by atoms with Crippen molar-refractivity contribution in [1.82, 2.24) is 5.32 Å². The fourth-order valence-corrected chi connectivity index (χ4v) is 9.96. The lowest BCUT2D eigenvalue weighted by molar-refractivity contribution is -0.305. The van der Waals surface area contributed by atoms with Gasteiger partial charge in [0.1, 0.15) is 24.4 Å². The van der Waals surface area contributed by atoms with Crippen LogP contribution in [0.4, 0.5) is 0 Å². The molecule has 8 atom stereocenters. The lowest BCUT2D eigenvalue weighted by atomic mass is 9.99. The van der Waals surface area contributed by atoms with Crippen LogP contribution >= 0.6 is 0 Å². The summed E-state index contributed by atoms with van der Waals surface area (Å²) in [6, 6.07) is -1.04. The maximum absolute atomic E-state index is 13.5. The van der Waals surface area contributed by atoms with Gasteiger partial charge in [-0.15, -0.1) is 0 Å². The first kappa shape index (κ1) is 79.1. The van der Waals surface area contributed by atoms with Crippen molar-refractivity contribution in [3.05, 3.63) is 122 Å². The molecule has 1 aliphatic rings. The smallest absolute Gasteiger partial charge is 0.306 e. The van der Waals surface area contributed by atoms with Gasteiger partial charge in [-0.2, -0.15) is 0 Å². The molecule has 0 aromatic rings. The number of unbranched alkanes of at least 4 members (excludes halogenated alkanes) is 25. The number of aliphatic hydroxyl groups is 5. The molecule has 1 saturated heterocycles. The molecule has 0 bridgehead atoms. The molecule has 0 spiro atoms. The molecule has 486 valence electrons. The minimum Gasteiger partial charge on any atom is -0.454 e. The number of aliphatic hydroxyl groups excluding tert-OH is 5. The van der Waals surface area contributed by atoms with Gasteiger partial charge < -0.3 is 45.1 Å². The van der Waals surface area contributed by atoms with Crippen LogP contribution in [0.1, 0.15) is 271 Å². The van der Waals surface area contributed by atoms with Crippen molar-refractivity contribution in [3.63, 3.8) is 0 Å². The van der Waals surface area contributed by atoms with Gasteiger partial charge in [0.15, 0.2) is 12.4 Å². The molecule has 11 heteroatoms. The third kappa shape index (κ3) is 47.8. The van der Waals surface area contributed by atoms with Crippen molar-refractivity contribution < 1.29 is 49.3 Å². The van der Waals surface area contributed by atoms with Crippen LogP contribution in [-0.4, -0.2) is 99.6 Å². The standard InChI is InChI=1S/C74H125NO10/c1-4-7-10-13-16-19-22-24-26-28-30-32-33-34-36-37-39-41-43-46-49-52-55-58-61-67(78)73(82)75-65(66(77)60-57-54-51-48-45-21-18-15-12-9-6-3)64-83-74-72(71(81)70(80)68(63-76)84-74)85-69(79)62-59-56-53-50-47-44-42-40-38-35-31-29-27-25-23-20-17-14-11-8-5-2/h8,11,16-17,19-20,24-27,30-32,34-36,40,42,57,60,65-68,70-72,74,76-78,80-81H,4-7,9-10,12-15,18,21-23,28-29,33,37-39,41,43-56,58-59,61-64H2,1-3H3,(H,75,82)/b11-8-,19-16-,20-17-,26-24-,27-25-,32-30-,35-31-,36-34-,42-40-,60-57+. The third-order valence-corrected chi connectivity index (χ3v) is 15.3. The predicted molar refractivity (Wildman–Crippen MR) is 356 cm³/mol. The number of allylic oxidation sites excluding steroid dienone is 19. The molecule has 85 heavy (non-hydrogen) atoms. The number of hydrogen-bond donors (Lipinski definition) is 6. The zero-order valence-corrected chi connectivity index (χ0v) is 53.9. The molecule has 6 N–H and O–H groups in total. The van der Waals surface area contributed by atoms with Gasteiger partial charge in [-0.3, -0.25) is 9.59 Å². The summed E-state index contributed by atoms with van der Waals surface area (Å²) >= 11 is 0. The second-order valence-corrected chi connectivity index (χ2v) is 23.2. The summed E-state index contributed by atoms with van der Waals surface area (Å²) in [5, 5.41) is 57.1. The van der Waals surface area contributed by atoms with Crippen molar-refractivity contribution in [1.29, 1.82) is 0 Å². The fourth-order valence-electron chi connectivity index (χ4n) is 9.96. The van der Waals surface area contributed by atoms with E-state index in [-0.39, 0.29) is 19.4 Å². The Bertz CT molecular complexity index is 1850. The van der Waals surface area contributed by atoms with Crippen molar-refractivity contribution in [2.45, 2.75) is 320 Å². The number of ether oxygens (including phenoxy) is 3. The van der Waals surface area contributed by atoms with E-state index in [0.29, 0.717) is 12.8 Å². The molecule has 8 unspecified atom stereocenters. The molecule has 0 aromatic carbocycles. The Labute approximate surface area is 519 Å². The van der Waals surface area contributed by atoms with E-state index < -0.39 is 67.4 Å². The number of rotatable bonds is 57. The first-order valence-electron chi connectivity index (χ1n) is 34.3. The average molecular weight is 1190 g/mol. The molecule has 1 fully saturated rings. The van der Waals surface area contributed by atoms with Crippen LogP contribution in [0.25, 0.3) is 0 Å². The highest BCUT2D eigenvalue weighted by molar-refractivity contribution is 5.80. The number of hydrogen-bond acceptors (Lipinski definition) is 10. The molecule has 0 radical (unpaired) electrons. The quantitative estimate of drug-likeness (QED) is 0.0195. The van der Waals surface area contributed by atoms with Gasteiger partial charge in [-0.25, -0.2) is 0 Å². The molecule has 0 saturated carbocycles. The van der Waals surface area contributed by atoms with Gasteiger partial charge in [0.25, 0.3) is 0 Å². The summed E-state index contributed by atoms with van der Waals surface area (Å²) in [6.07, 6.45) is 73.7. The molecule has 1 aliphatic heterocycles. The van der Waals surface area contributed by atoms with E-state index in [0.717, 1.165) is 141 Å². The van der Waals surface area contributed by atoms with Crippen LogP contribution < -0.4 is 5.32 Å². The summed E-state index contributed by atoms with van der Waals surface area (Å²) in [5.41, 5.74) is 0. The maximum atomic E-state index is 13.5. The number of carbonyl (C=O) groups is 2. The number of amides is 1. The molecule has 1 amide bonds. The van der Waals surface area contributed by atoms with E-state index in [2.05, 4.69) is 135 Å². The SMILES string of the molecule is CC/C=C\C/C=C\C/C=C\C/C=C\C/C=C\CCCCCCCC(=O)OC1C(OCC(NC(=O)C(O)CCCCCCCCCC/C=C\C/C=C\C/C=C\C/C=C\CCCCC)C(O)/C=C/CCCCCCCCCCC)OC(CO)C(O)C1O. The van der Waals surface area contributed by atoms with E-state index in [1.54, 1.807) is 6.08 Å². The lowest BCUT2D eigenvalue weighted by Crippen LogP contribution is -2.61. The summed E-state index contributed by atoms with van der Waals surface area (Å²) in [5.74, 6) is -1.23. The molecular formula is C74H125NO10. The number of esters is 1. The van der Waals surface area contributed by atoms with Gasteiger partial charge in [0, 0.05) is 6.42 Å². The molecule has 0 aliphatic carbocycles. The second kappa shape index (κ2) is 60.3. The van der Waals surface area contributed by atoms with Crippen molar-refractivity contribution in [2.24, 2.45) is 0 Å². The Morgan fingerprint density at radius 3 is 1.29 bits per heavy atom. The van der Waals surface area contributed by atoms with Gasteiger partial charge in [0.05, 0.1) is 25.4 Å². The summed E-state index contributed by atoms with van der Waals surface area (Å²) in [6.45, 7) is 5.63. The lowest BCUT2D eigenvalue weighted by Gasteiger charge is -2.41. The van der Waals surface area contributed by atoms with Crippen LogP contribution in [0.2, 0.25) is 0 Å². The van der Waals surface area contributed by atoms with Gasteiger partial charge >= 0.3 is 5.97 Å². The normalized spacial score (nSPS) is 19.2. The van der Waals surface area contributed by atoms with Crippen LogP contribution in [0.15, 0.2) is 122 Å². The highest BCUT2D eigenvalue weighted by Gasteiger charge is 2.47.